The molecule has 0 aromatic rings. The number of nitrogens with one attached hydrogen (secondary N) is 1. The van der Waals surface area contributed by atoms with Gasteiger partial charge < -0.3 is 15.3 Å². The van der Waals surface area contributed by atoms with E-state index in [1.54, 1.807) is 6.92 Å². The van der Waals surface area contributed by atoms with Crippen LogP contribution >= 0.6 is 0 Å². The monoisotopic (exact) mass is 213 g/mol. The zero-order valence-electron chi connectivity index (χ0n) is 9.02. The van der Waals surface area contributed by atoms with Gasteiger partial charge in [-0.15, -0.1) is 0 Å². The van der Waals surface area contributed by atoms with Crippen LogP contribution in [0, 0.1) is 11.3 Å². The maximum atomic E-state index is 11.4. The standard InChI is InChI=1S/C9H15N3O3/c1-6(4-5-10)12(3)9(15)11-7(2)8(13)14/h6-7H,4H2,1-3H3,(H,11,15)(H,13,14)/t6?,7-/m1/s1. The lowest BCUT2D eigenvalue weighted by Crippen LogP contribution is -2.47. The topological polar surface area (TPSA) is 93.4 Å². The summed E-state index contributed by atoms with van der Waals surface area (Å²) in [6.45, 7) is 3.09. The van der Waals surface area contributed by atoms with Gasteiger partial charge in [0.1, 0.15) is 6.04 Å². The van der Waals surface area contributed by atoms with E-state index < -0.39 is 18.0 Å². The van der Waals surface area contributed by atoms with E-state index in [2.05, 4.69) is 5.32 Å². The predicted octanol–water partition coefficient (Wildman–Crippen LogP) is 0.403. The van der Waals surface area contributed by atoms with Crippen LogP contribution < -0.4 is 5.32 Å². The van der Waals surface area contributed by atoms with Crippen LogP contribution in [0.2, 0.25) is 0 Å². The summed E-state index contributed by atoms with van der Waals surface area (Å²) < 4.78 is 0. The third-order valence-corrected chi connectivity index (χ3v) is 2.08. The zero-order chi connectivity index (χ0) is 12.0. The van der Waals surface area contributed by atoms with Crippen molar-refractivity contribution >= 4 is 12.0 Å². The van der Waals surface area contributed by atoms with Gasteiger partial charge in [-0.1, -0.05) is 0 Å². The van der Waals surface area contributed by atoms with Gasteiger partial charge in [0, 0.05) is 13.1 Å². The average molecular weight is 213 g/mol. The van der Waals surface area contributed by atoms with Crippen LogP contribution in [0.5, 0.6) is 0 Å². The second kappa shape index (κ2) is 5.86. The lowest BCUT2D eigenvalue weighted by atomic mass is 10.2. The Hall–Kier alpha value is -1.77. The van der Waals surface area contributed by atoms with Gasteiger partial charge in [-0.25, -0.2) is 4.79 Å². The summed E-state index contributed by atoms with van der Waals surface area (Å²) in [6, 6.07) is 0.273. The number of hydrogen-bond donors (Lipinski definition) is 2. The van der Waals surface area contributed by atoms with Crippen LogP contribution in [-0.2, 0) is 4.79 Å². The number of carboxylic acids is 1. The molecule has 0 aliphatic heterocycles. The van der Waals surface area contributed by atoms with Gasteiger partial charge in [0.15, 0.2) is 0 Å². The summed E-state index contributed by atoms with van der Waals surface area (Å²) in [5, 5.41) is 19.3. The van der Waals surface area contributed by atoms with Gasteiger partial charge in [-0.3, -0.25) is 4.79 Å². The van der Waals surface area contributed by atoms with Crippen molar-refractivity contribution in [2.45, 2.75) is 32.4 Å². The molecule has 2 amide bonds. The van der Waals surface area contributed by atoms with Crippen molar-refractivity contribution in [2.75, 3.05) is 7.05 Å². The van der Waals surface area contributed by atoms with Gasteiger partial charge in [-0.05, 0) is 13.8 Å². The van der Waals surface area contributed by atoms with Crippen LogP contribution in [-0.4, -0.2) is 41.1 Å². The van der Waals surface area contributed by atoms with Crippen molar-refractivity contribution < 1.29 is 14.7 Å². The number of carbonyl (C=O) groups excluding carboxylic acids is 1. The van der Waals surface area contributed by atoms with Crippen LogP contribution in [0.25, 0.3) is 0 Å². The minimum atomic E-state index is -1.09. The lowest BCUT2D eigenvalue weighted by molar-refractivity contribution is -0.138. The van der Waals surface area contributed by atoms with E-state index in [-0.39, 0.29) is 12.5 Å². The highest BCUT2D eigenvalue weighted by Crippen LogP contribution is 2.00. The molecule has 2 atom stereocenters. The molecule has 1 unspecified atom stereocenters. The molecule has 0 radical (unpaired) electrons. The smallest absolute Gasteiger partial charge is 0.325 e. The fourth-order valence-corrected chi connectivity index (χ4v) is 0.818. The number of nitriles is 1. The molecule has 84 valence electrons. The number of hydrogen-bond acceptors (Lipinski definition) is 3. The van der Waals surface area contributed by atoms with Gasteiger partial charge in [-0.2, -0.15) is 5.26 Å². The first-order valence-corrected chi connectivity index (χ1v) is 4.53. The quantitative estimate of drug-likeness (QED) is 0.707. The van der Waals surface area contributed by atoms with Crippen LogP contribution in [0.3, 0.4) is 0 Å². The number of urea groups is 1. The molecule has 0 aliphatic rings. The third-order valence-electron chi connectivity index (χ3n) is 2.08. The summed E-state index contributed by atoms with van der Waals surface area (Å²) in [5.41, 5.74) is 0. The molecule has 0 rings (SSSR count). The Morgan fingerprint density at radius 3 is 2.47 bits per heavy atom. The van der Waals surface area contributed by atoms with Crippen LogP contribution in [0.4, 0.5) is 4.79 Å². The highest BCUT2D eigenvalue weighted by atomic mass is 16.4. The molecule has 0 heterocycles. The molecule has 0 saturated carbocycles. The maximum Gasteiger partial charge on any atom is 0.325 e. The Morgan fingerprint density at radius 2 is 2.07 bits per heavy atom. The van der Waals surface area contributed by atoms with E-state index in [1.807, 2.05) is 6.07 Å². The number of carboxylic acid groups (broad SMARTS) is 1. The molecule has 0 aliphatic carbocycles. The van der Waals surface area contributed by atoms with E-state index in [0.29, 0.717) is 0 Å². The predicted molar refractivity (Wildman–Crippen MR) is 53.1 cm³/mol. The SMILES string of the molecule is CC(CC#N)N(C)C(=O)N[C@H](C)C(=O)O. The number of amides is 2. The first-order valence-electron chi connectivity index (χ1n) is 4.53. The second-order valence-electron chi connectivity index (χ2n) is 3.33. The normalized spacial score (nSPS) is 13.5. The highest BCUT2D eigenvalue weighted by Gasteiger charge is 2.19. The molecule has 0 saturated heterocycles. The number of rotatable bonds is 4. The number of nitrogens with zero attached hydrogens (tertiary/aromatic N) is 2. The number of aliphatic carboxylic acids is 1. The first-order chi connectivity index (χ1) is 6.90. The molecule has 0 aromatic heterocycles. The summed E-state index contributed by atoms with van der Waals surface area (Å²) in [7, 11) is 1.52. The van der Waals surface area contributed by atoms with Crippen molar-refractivity contribution in [1.29, 1.82) is 5.26 Å². The zero-order valence-corrected chi connectivity index (χ0v) is 9.02. The molecule has 6 nitrogen and oxygen atoms in total. The molecule has 6 heteroatoms. The van der Waals surface area contributed by atoms with Crippen molar-refractivity contribution in [1.82, 2.24) is 10.2 Å². The van der Waals surface area contributed by atoms with Crippen molar-refractivity contribution in [3.63, 3.8) is 0 Å². The van der Waals surface area contributed by atoms with Gasteiger partial charge in [0.25, 0.3) is 0 Å². The van der Waals surface area contributed by atoms with E-state index in [1.165, 1.54) is 18.9 Å². The Kier molecular flexibility index (Phi) is 5.16. The highest BCUT2D eigenvalue weighted by molar-refractivity contribution is 5.82. The minimum absolute atomic E-state index is 0.214. The van der Waals surface area contributed by atoms with E-state index in [9.17, 15) is 9.59 Å². The van der Waals surface area contributed by atoms with Crippen LogP contribution in [0.15, 0.2) is 0 Å². The Labute approximate surface area is 88.5 Å². The van der Waals surface area contributed by atoms with E-state index >= 15 is 0 Å². The molecule has 15 heavy (non-hydrogen) atoms. The number of carbonyl (C=O) groups is 2. The van der Waals surface area contributed by atoms with Gasteiger partial charge in [0.05, 0.1) is 12.5 Å². The lowest BCUT2D eigenvalue weighted by Gasteiger charge is -2.24. The van der Waals surface area contributed by atoms with Gasteiger partial charge >= 0.3 is 12.0 Å². The Balaban J connectivity index is 4.22. The van der Waals surface area contributed by atoms with Gasteiger partial charge in [0.2, 0.25) is 0 Å². The van der Waals surface area contributed by atoms with Crippen molar-refractivity contribution in [3.8, 4) is 6.07 Å². The Morgan fingerprint density at radius 1 is 1.53 bits per heavy atom. The summed E-state index contributed by atoms with van der Waals surface area (Å²) in [4.78, 5) is 23.2. The Bertz CT molecular complexity index is 285. The molecule has 0 aromatic carbocycles. The molecule has 0 spiro atoms. The van der Waals surface area contributed by atoms with Crippen molar-refractivity contribution in [2.24, 2.45) is 0 Å². The maximum absolute atomic E-state index is 11.4. The largest absolute Gasteiger partial charge is 0.480 e. The molecule has 0 bridgehead atoms. The van der Waals surface area contributed by atoms with Crippen LogP contribution in [0.1, 0.15) is 20.3 Å². The second-order valence-corrected chi connectivity index (χ2v) is 3.33. The van der Waals surface area contributed by atoms with E-state index in [4.69, 9.17) is 10.4 Å². The fourth-order valence-electron chi connectivity index (χ4n) is 0.818. The summed E-state index contributed by atoms with van der Waals surface area (Å²) in [6.07, 6.45) is 0.214. The first kappa shape index (κ1) is 13.2. The molecule has 0 fully saturated rings. The molecular weight excluding hydrogens is 198 g/mol. The fraction of sp³-hybridized carbons (Fsp3) is 0.667. The summed E-state index contributed by atoms with van der Waals surface area (Å²) >= 11 is 0. The molecular formula is C9H15N3O3. The van der Waals surface area contributed by atoms with Crippen molar-refractivity contribution in [3.05, 3.63) is 0 Å². The third kappa shape index (κ3) is 4.31. The molecule has 2 N–H and O–H groups in total. The van der Waals surface area contributed by atoms with E-state index in [0.717, 1.165) is 0 Å². The summed E-state index contributed by atoms with van der Waals surface area (Å²) in [5.74, 6) is -1.09. The average Bonchev–Trinajstić information content (AvgIpc) is 2.16. The minimum Gasteiger partial charge on any atom is -0.480 e.